The smallest absolute Gasteiger partial charge is 0.295 e. The second-order valence-electron chi connectivity index (χ2n) is 7.61. The number of hydrogen-bond acceptors (Lipinski definition) is 7. The number of ketones is 1. The van der Waals surface area contributed by atoms with E-state index in [-0.39, 0.29) is 42.1 Å². The van der Waals surface area contributed by atoms with Gasteiger partial charge in [0.15, 0.2) is 11.5 Å². The second-order valence-corrected chi connectivity index (χ2v) is 7.61. The minimum absolute atomic E-state index is 0.00923. The van der Waals surface area contributed by atoms with Crippen LogP contribution in [0.4, 0.5) is 0 Å². The van der Waals surface area contributed by atoms with Gasteiger partial charge in [-0.3, -0.25) is 9.59 Å². The molecule has 0 radical (unpaired) electrons. The number of aliphatic hydroxyl groups is 1. The number of amides is 1. The fraction of sp³-hybridized carbons (Fsp3) is 0.333. The normalized spacial score (nSPS) is 17.8. The van der Waals surface area contributed by atoms with Crippen LogP contribution in [0.5, 0.6) is 17.2 Å². The van der Waals surface area contributed by atoms with Crippen molar-refractivity contribution in [1.29, 1.82) is 0 Å². The number of nitrogens with zero attached hydrogens (tertiary/aromatic N) is 1. The van der Waals surface area contributed by atoms with Crippen molar-refractivity contribution in [1.82, 2.24) is 4.90 Å². The predicted octanol–water partition coefficient (Wildman–Crippen LogP) is 3.26. The average molecular weight is 441 g/mol. The Morgan fingerprint density at radius 2 is 1.78 bits per heavy atom. The van der Waals surface area contributed by atoms with Crippen LogP contribution in [-0.2, 0) is 14.3 Å². The Hall–Kier alpha value is -3.52. The number of carbonyl (C=O) groups excluding carboxylic acids is 2. The molecular weight excluding hydrogens is 414 g/mol. The molecular formula is C24H27NO7. The third kappa shape index (κ3) is 4.55. The Morgan fingerprint density at radius 3 is 2.38 bits per heavy atom. The number of phenols is 1. The summed E-state index contributed by atoms with van der Waals surface area (Å²) in [6.45, 7) is 4.16. The molecule has 8 heteroatoms. The van der Waals surface area contributed by atoms with Gasteiger partial charge in [-0.05, 0) is 55.8 Å². The lowest BCUT2D eigenvalue weighted by molar-refractivity contribution is -0.140. The minimum atomic E-state index is -0.869. The van der Waals surface area contributed by atoms with E-state index in [0.29, 0.717) is 16.9 Å². The average Bonchev–Trinajstić information content (AvgIpc) is 3.02. The van der Waals surface area contributed by atoms with Crippen LogP contribution in [0.15, 0.2) is 48.0 Å². The number of likely N-dealkylation sites (tertiary alicyclic amines) is 1. The van der Waals surface area contributed by atoms with Crippen LogP contribution in [-0.4, -0.2) is 60.3 Å². The van der Waals surface area contributed by atoms with Gasteiger partial charge >= 0.3 is 0 Å². The largest absolute Gasteiger partial charge is 0.507 e. The van der Waals surface area contributed by atoms with Gasteiger partial charge in [0.2, 0.25) is 0 Å². The molecule has 0 aromatic heterocycles. The molecule has 0 spiro atoms. The molecule has 1 fully saturated rings. The summed E-state index contributed by atoms with van der Waals surface area (Å²) in [6, 6.07) is 10.3. The zero-order valence-corrected chi connectivity index (χ0v) is 18.5. The molecule has 0 aliphatic carbocycles. The maximum Gasteiger partial charge on any atom is 0.295 e. The molecule has 0 unspecified atom stereocenters. The standard InChI is InChI=1S/C24H27NO7/c1-14(2)32-17-8-5-15(6-9-17)22(27)20-21(16-7-10-18(26)19(13-16)31-4)25(11-12-30-3)24(29)23(20)28/h5-10,13-14,21,26-27H,11-12H2,1-4H3/t21-/m0/s1. The van der Waals surface area contributed by atoms with Gasteiger partial charge < -0.3 is 29.3 Å². The number of carbonyl (C=O) groups is 2. The number of benzene rings is 2. The molecule has 0 bridgehead atoms. The van der Waals surface area contributed by atoms with Crippen molar-refractivity contribution in [2.24, 2.45) is 0 Å². The monoisotopic (exact) mass is 441 g/mol. The van der Waals surface area contributed by atoms with Crippen LogP contribution < -0.4 is 9.47 Å². The third-order valence-corrected chi connectivity index (χ3v) is 5.10. The molecule has 8 nitrogen and oxygen atoms in total. The summed E-state index contributed by atoms with van der Waals surface area (Å²) in [7, 11) is 2.90. The molecule has 32 heavy (non-hydrogen) atoms. The Kier molecular flexibility index (Phi) is 7.05. The molecule has 1 aliphatic heterocycles. The van der Waals surface area contributed by atoms with Crippen LogP contribution in [0.3, 0.4) is 0 Å². The lowest BCUT2D eigenvalue weighted by Crippen LogP contribution is -2.32. The maximum absolute atomic E-state index is 13.0. The summed E-state index contributed by atoms with van der Waals surface area (Å²) in [4.78, 5) is 27.1. The zero-order valence-electron chi connectivity index (χ0n) is 18.5. The van der Waals surface area contributed by atoms with Crippen LogP contribution in [0.1, 0.15) is 31.0 Å². The topological polar surface area (TPSA) is 106 Å². The summed E-state index contributed by atoms with van der Waals surface area (Å²) in [5.41, 5.74) is 0.842. The van der Waals surface area contributed by atoms with E-state index in [1.165, 1.54) is 25.2 Å². The van der Waals surface area contributed by atoms with E-state index in [4.69, 9.17) is 14.2 Å². The Morgan fingerprint density at radius 1 is 1.09 bits per heavy atom. The summed E-state index contributed by atoms with van der Waals surface area (Å²) in [6.07, 6.45) is -0.00923. The maximum atomic E-state index is 13.0. The molecule has 3 rings (SSSR count). The van der Waals surface area contributed by atoms with Gasteiger partial charge in [0.1, 0.15) is 11.5 Å². The molecule has 2 aromatic carbocycles. The first kappa shape index (κ1) is 23.1. The quantitative estimate of drug-likeness (QED) is 0.368. The first-order valence-corrected chi connectivity index (χ1v) is 10.2. The van der Waals surface area contributed by atoms with Gasteiger partial charge in [0, 0.05) is 19.2 Å². The number of phenolic OH excluding ortho intramolecular Hbond substituents is 1. The summed E-state index contributed by atoms with van der Waals surface area (Å²) >= 11 is 0. The zero-order chi connectivity index (χ0) is 23.4. The van der Waals surface area contributed by atoms with E-state index in [1.807, 2.05) is 13.8 Å². The number of Topliss-reactive ketones (excluding diaryl/α,β-unsaturated/α-hetero) is 1. The number of hydrogen-bond donors (Lipinski definition) is 2. The van der Waals surface area contributed by atoms with E-state index in [1.54, 1.807) is 36.4 Å². The lowest BCUT2D eigenvalue weighted by atomic mass is 9.95. The highest BCUT2D eigenvalue weighted by Crippen LogP contribution is 2.41. The first-order chi connectivity index (χ1) is 15.3. The third-order valence-electron chi connectivity index (χ3n) is 5.10. The van der Waals surface area contributed by atoms with Crippen molar-refractivity contribution in [2.75, 3.05) is 27.4 Å². The van der Waals surface area contributed by atoms with Crippen molar-refractivity contribution >= 4 is 17.4 Å². The van der Waals surface area contributed by atoms with Crippen molar-refractivity contribution < 1.29 is 34.0 Å². The highest BCUT2D eigenvalue weighted by molar-refractivity contribution is 6.46. The van der Waals surface area contributed by atoms with Gasteiger partial charge in [0.05, 0.1) is 31.4 Å². The van der Waals surface area contributed by atoms with E-state index >= 15 is 0 Å². The fourth-order valence-corrected chi connectivity index (χ4v) is 3.63. The summed E-state index contributed by atoms with van der Waals surface area (Å²) < 4.78 is 15.9. The molecule has 2 aromatic rings. The summed E-state index contributed by atoms with van der Waals surface area (Å²) in [5, 5.41) is 21.0. The van der Waals surface area contributed by atoms with Crippen LogP contribution in [0.25, 0.3) is 5.76 Å². The molecule has 1 aliphatic rings. The predicted molar refractivity (Wildman–Crippen MR) is 118 cm³/mol. The highest BCUT2D eigenvalue weighted by Gasteiger charge is 2.46. The number of rotatable bonds is 8. The van der Waals surface area contributed by atoms with E-state index in [0.717, 1.165) is 0 Å². The number of aliphatic hydroxyl groups excluding tert-OH is 1. The number of ether oxygens (including phenoxy) is 3. The fourth-order valence-electron chi connectivity index (χ4n) is 3.63. The number of methoxy groups -OCH3 is 2. The molecule has 1 saturated heterocycles. The van der Waals surface area contributed by atoms with Crippen molar-refractivity contribution in [3.63, 3.8) is 0 Å². The van der Waals surface area contributed by atoms with Crippen LogP contribution >= 0.6 is 0 Å². The second kappa shape index (κ2) is 9.74. The summed E-state index contributed by atoms with van der Waals surface area (Å²) in [5.74, 6) is -1.09. The van der Waals surface area contributed by atoms with Crippen molar-refractivity contribution in [3.05, 3.63) is 59.2 Å². The lowest BCUT2D eigenvalue weighted by Gasteiger charge is -2.25. The van der Waals surface area contributed by atoms with Gasteiger partial charge in [-0.1, -0.05) is 6.07 Å². The highest BCUT2D eigenvalue weighted by atomic mass is 16.5. The Labute approximate surface area is 186 Å². The van der Waals surface area contributed by atoms with Crippen LogP contribution in [0, 0.1) is 0 Å². The SMILES string of the molecule is COCCN1C(=O)C(=O)C(=C(O)c2ccc(OC(C)C)cc2)[C@@H]1c1ccc(O)c(OC)c1. The van der Waals surface area contributed by atoms with Crippen molar-refractivity contribution in [2.45, 2.75) is 26.0 Å². The van der Waals surface area contributed by atoms with Gasteiger partial charge in [0.25, 0.3) is 11.7 Å². The van der Waals surface area contributed by atoms with Gasteiger partial charge in [-0.15, -0.1) is 0 Å². The molecule has 1 heterocycles. The molecule has 1 atom stereocenters. The van der Waals surface area contributed by atoms with Crippen molar-refractivity contribution in [3.8, 4) is 17.2 Å². The van der Waals surface area contributed by atoms with E-state index in [9.17, 15) is 19.8 Å². The first-order valence-electron chi connectivity index (χ1n) is 10.2. The Balaban J connectivity index is 2.11. The van der Waals surface area contributed by atoms with Crippen LogP contribution in [0.2, 0.25) is 0 Å². The molecule has 1 amide bonds. The van der Waals surface area contributed by atoms with E-state index in [2.05, 4.69) is 0 Å². The van der Waals surface area contributed by atoms with Gasteiger partial charge in [-0.25, -0.2) is 0 Å². The molecule has 0 saturated carbocycles. The molecule has 170 valence electrons. The molecule has 2 N–H and O–H groups in total. The minimum Gasteiger partial charge on any atom is -0.507 e. The Bertz CT molecular complexity index is 1030. The number of aromatic hydroxyl groups is 1. The van der Waals surface area contributed by atoms with Gasteiger partial charge in [-0.2, -0.15) is 0 Å². The van der Waals surface area contributed by atoms with E-state index < -0.39 is 17.7 Å².